The quantitative estimate of drug-likeness (QED) is 0.391. The Hall–Kier alpha value is -2.13. The summed E-state index contributed by atoms with van der Waals surface area (Å²) in [6, 6.07) is 4.02. The van der Waals surface area contributed by atoms with Crippen LogP contribution in [0, 0.1) is 11.8 Å². The van der Waals surface area contributed by atoms with Gasteiger partial charge in [-0.3, -0.25) is 14.4 Å². The third-order valence-electron chi connectivity index (χ3n) is 7.75. The number of hydrogen-bond acceptors (Lipinski definition) is 5. The lowest BCUT2D eigenvalue weighted by Crippen LogP contribution is -2.56. The number of nitrogens with zero attached hydrogens (tertiary/aromatic N) is 1. The zero-order valence-electron chi connectivity index (χ0n) is 20.2. The van der Waals surface area contributed by atoms with E-state index in [1.165, 1.54) is 6.42 Å². The number of amides is 3. The molecule has 2 N–H and O–H groups in total. The number of carbonyl (C=O) groups is 3. The van der Waals surface area contributed by atoms with Crippen molar-refractivity contribution >= 4 is 46.6 Å². The molecule has 5 atom stereocenters. The molecule has 4 aliphatic rings. The van der Waals surface area contributed by atoms with E-state index in [0.717, 1.165) is 25.7 Å². The van der Waals surface area contributed by atoms with E-state index in [1.54, 1.807) is 36.3 Å². The standard InChI is InChI=1S/C26H31Cl2N3O5/c1-35-11-5-10-31-22(24(33)29-17-6-3-2-4-7-17)26-9-8-19(36-26)20(21(26)25(31)34)23(32)30-18-13-15(27)12-16(28)14-18/h8-9,12-14,17,19-22H,2-7,10-11H2,1H3,(H,29,33)(H,30,32)/t19-,20+,21-,22-,26+/m1/s1. The molecule has 0 radical (unpaired) electrons. The van der Waals surface area contributed by atoms with Crippen molar-refractivity contribution in [2.24, 2.45) is 11.8 Å². The zero-order valence-corrected chi connectivity index (χ0v) is 21.7. The van der Waals surface area contributed by atoms with Crippen molar-refractivity contribution in [2.75, 3.05) is 25.6 Å². The van der Waals surface area contributed by atoms with Gasteiger partial charge >= 0.3 is 0 Å². The number of anilines is 1. The van der Waals surface area contributed by atoms with Crippen LogP contribution < -0.4 is 10.6 Å². The van der Waals surface area contributed by atoms with Crippen LogP contribution in [0.3, 0.4) is 0 Å². The topological polar surface area (TPSA) is 97.0 Å². The number of likely N-dealkylation sites (tertiary alicyclic amines) is 1. The third-order valence-corrected chi connectivity index (χ3v) is 8.19. The van der Waals surface area contributed by atoms with Crippen LogP contribution in [0.2, 0.25) is 10.0 Å². The Morgan fingerprint density at radius 3 is 2.56 bits per heavy atom. The van der Waals surface area contributed by atoms with Gasteiger partial charge in [0.05, 0.1) is 17.9 Å². The Bertz CT molecular complexity index is 1060. The lowest BCUT2D eigenvalue weighted by Gasteiger charge is -2.34. The van der Waals surface area contributed by atoms with Crippen LogP contribution in [0.5, 0.6) is 0 Å². The molecule has 194 valence electrons. The molecule has 1 aromatic carbocycles. The second kappa shape index (κ2) is 10.3. The largest absolute Gasteiger partial charge is 0.385 e. The molecule has 1 aliphatic carbocycles. The fourth-order valence-electron chi connectivity index (χ4n) is 6.27. The van der Waals surface area contributed by atoms with Crippen LogP contribution in [0.1, 0.15) is 38.5 Å². The minimum atomic E-state index is -1.18. The fraction of sp³-hybridized carbons (Fsp3) is 0.577. The van der Waals surface area contributed by atoms with Crippen LogP contribution in [-0.2, 0) is 23.9 Å². The molecular formula is C26H31Cl2N3O5. The monoisotopic (exact) mass is 535 g/mol. The molecule has 2 bridgehead atoms. The van der Waals surface area contributed by atoms with Gasteiger partial charge in [-0.2, -0.15) is 0 Å². The van der Waals surface area contributed by atoms with E-state index in [-0.39, 0.29) is 23.8 Å². The van der Waals surface area contributed by atoms with Gasteiger partial charge in [-0.05, 0) is 37.5 Å². The summed E-state index contributed by atoms with van der Waals surface area (Å²) in [5, 5.41) is 6.80. The summed E-state index contributed by atoms with van der Waals surface area (Å²) in [6.07, 6.45) is 8.79. The molecule has 1 aromatic rings. The number of rotatable bonds is 8. The first-order valence-corrected chi connectivity index (χ1v) is 13.3. The smallest absolute Gasteiger partial charge is 0.246 e. The molecule has 1 spiro atoms. The zero-order chi connectivity index (χ0) is 25.4. The van der Waals surface area contributed by atoms with Gasteiger partial charge in [0.1, 0.15) is 11.6 Å². The molecular weight excluding hydrogens is 505 g/mol. The number of nitrogens with one attached hydrogen (secondary N) is 2. The lowest BCUT2D eigenvalue weighted by atomic mass is 9.74. The highest BCUT2D eigenvalue weighted by atomic mass is 35.5. The van der Waals surface area contributed by atoms with E-state index in [2.05, 4.69) is 10.6 Å². The Morgan fingerprint density at radius 1 is 1.14 bits per heavy atom. The van der Waals surface area contributed by atoms with Gasteiger partial charge in [0.2, 0.25) is 17.7 Å². The molecule has 1 saturated carbocycles. The maximum atomic E-state index is 13.8. The van der Waals surface area contributed by atoms with E-state index in [9.17, 15) is 14.4 Å². The highest BCUT2D eigenvalue weighted by Gasteiger charge is 2.72. The summed E-state index contributed by atoms with van der Waals surface area (Å²) in [6.45, 7) is 0.797. The summed E-state index contributed by atoms with van der Waals surface area (Å²) < 4.78 is 11.5. The molecule has 10 heteroatoms. The Morgan fingerprint density at radius 2 is 1.86 bits per heavy atom. The molecule has 3 aliphatic heterocycles. The van der Waals surface area contributed by atoms with Crippen LogP contribution in [0.25, 0.3) is 0 Å². The van der Waals surface area contributed by atoms with Crippen molar-refractivity contribution in [3.8, 4) is 0 Å². The molecule has 0 aromatic heterocycles. The van der Waals surface area contributed by atoms with E-state index in [0.29, 0.717) is 35.3 Å². The summed E-state index contributed by atoms with van der Waals surface area (Å²) in [4.78, 5) is 42.6. The summed E-state index contributed by atoms with van der Waals surface area (Å²) in [5.74, 6) is -2.41. The van der Waals surface area contributed by atoms with Crippen LogP contribution in [-0.4, -0.2) is 66.7 Å². The number of benzene rings is 1. The molecule has 36 heavy (non-hydrogen) atoms. The Balaban J connectivity index is 1.42. The normalized spacial score (nSPS) is 31.1. The third kappa shape index (κ3) is 4.53. The number of hydrogen-bond donors (Lipinski definition) is 2. The molecule has 3 fully saturated rings. The summed E-state index contributed by atoms with van der Waals surface area (Å²) in [7, 11) is 1.60. The summed E-state index contributed by atoms with van der Waals surface area (Å²) >= 11 is 12.2. The van der Waals surface area contributed by atoms with Gasteiger partial charge in [0.25, 0.3) is 0 Å². The van der Waals surface area contributed by atoms with Gasteiger partial charge in [-0.25, -0.2) is 0 Å². The number of ether oxygens (including phenoxy) is 2. The second-order valence-electron chi connectivity index (χ2n) is 10.1. The highest BCUT2D eigenvalue weighted by molar-refractivity contribution is 6.35. The van der Waals surface area contributed by atoms with E-state index in [4.69, 9.17) is 32.7 Å². The second-order valence-corrected chi connectivity index (χ2v) is 10.9. The van der Waals surface area contributed by atoms with Crippen molar-refractivity contribution in [3.63, 3.8) is 0 Å². The predicted octanol–water partition coefficient (Wildman–Crippen LogP) is 3.57. The van der Waals surface area contributed by atoms with Gasteiger partial charge in [-0.15, -0.1) is 0 Å². The number of methoxy groups -OCH3 is 1. The minimum absolute atomic E-state index is 0.0897. The van der Waals surface area contributed by atoms with Crippen LogP contribution in [0.15, 0.2) is 30.4 Å². The van der Waals surface area contributed by atoms with Crippen molar-refractivity contribution < 1.29 is 23.9 Å². The van der Waals surface area contributed by atoms with Crippen LogP contribution in [0.4, 0.5) is 5.69 Å². The van der Waals surface area contributed by atoms with Gasteiger partial charge in [0, 0.05) is 42.0 Å². The number of carbonyl (C=O) groups excluding carboxylic acids is 3. The highest BCUT2D eigenvalue weighted by Crippen LogP contribution is 2.55. The molecule has 3 amide bonds. The molecule has 5 rings (SSSR count). The first kappa shape index (κ1) is 25.5. The first-order chi connectivity index (χ1) is 17.3. The first-order valence-electron chi connectivity index (χ1n) is 12.6. The SMILES string of the molecule is COCCCN1C(=O)[C@H]2[C@@H](C(=O)Nc3cc(Cl)cc(Cl)c3)[C@H]3C=C[C@@]2(O3)[C@H]1C(=O)NC1CCCCC1. The average Bonchev–Trinajstić information content (AvgIpc) is 3.47. The Kier molecular flexibility index (Phi) is 7.32. The molecule has 3 heterocycles. The number of halogens is 2. The lowest BCUT2D eigenvalue weighted by molar-refractivity contribution is -0.141. The van der Waals surface area contributed by atoms with Crippen molar-refractivity contribution in [3.05, 3.63) is 40.4 Å². The van der Waals surface area contributed by atoms with Crippen LogP contribution >= 0.6 is 23.2 Å². The van der Waals surface area contributed by atoms with Crippen molar-refractivity contribution in [2.45, 2.75) is 62.3 Å². The van der Waals surface area contributed by atoms with E-state index >= 15 is 0 Å². The summed E-state index contributed by atoms with van der Waals surface area (Å²) in [5.41, 5.74) is -0.742. The maximum absolute atomic E-state index is 13.8. The van der Waals surface area contributed by atoms with Crippen molar-refractivity contribution in [1.29, 1.82) is 0 Å². The van der Waals surface area contributed by atoms with Gasteiger partial charge < -0.3 is 25.0 Å². The van der Waals surface area contributed by atoms with Gasteiger partial charge in [-0.1, -0.05) is 54.6 Å². The average molecular weight is 536 g/mol. The fourth-order valence-corrected chi connectivity index (χ4v) is 6.79. The van der Waals surface area contributed by atoms with Gasteiger partial charge in [0.15, 0.2) is 0 Å². The molecule has 2 saturated heterocycles. The van der Waals surface area contributed by atoms with E-state index in [1.807, 2.05) is 6.08 Å². The Labute approximate surface area is 220 Å². The molecule has 0 unspecified atom stereocenters. The minimum Gasteiger partial charge on any atom is -0.385 e. The maximum Gasteiger partial charge on any atom is 0.246 e. The van der Waals surface area contributed by atoms with Crippen molar-refractivity contribution in [1.82, 2.24) is 10.2 Å². The molecule has 8 nitrogen and oxygen atoms in total. The number of fused-ring (bicyclic) bond motifs is 1. The van der Waals surface area contributed by atoms with E-state index < -0.39 is 29.6 Å². The predicted molar refractivity (Wildman–Crippen MR) is 136 cm³/mol.